The van der Waals surface area contributed by atoms with Gasteiger partial charge in [-0.25, -0.2) is 4.39 Å². The molecule has 0 aliphatic carbocycles. The van der Waals surface area contributed by atoms with E-state index in [1.807, 2.05) is 0 Å². The molecule has 2 amide bonds. The molecule has 2 heterocycles. The molecule has 2 aromatic rings. The SMILES string of the molecule is Cn1nc(C(=O)NCC(=O)NCCN2CCOCC2)cc1-c1ccc(F)cc1. The van der Waals surface area contributed by atoms with E-state index in [2.05, 4.69) is 20.6 Å². The third-order valence-electron chi connectivity index (χ3n) is 4.52. The van der Waals surface area contributed by atoms with Crippen molar-refractivity contribution in [3.63, 3.8) is 0 Å². The average Bonchev–Trinajstić information content (AvgIpc) is 3.09. The topological polar surface area (TPSA) is 88.5 Å². The molecule has 0 unspecified atom stereocenters. The van der Waals surface area contributed by atoms with Crippen LogP contribution in [0.5, 0.6) is 0 Å². The molecule has 0 bridgehead atoms. The number of carbonyl (C=O) groups is 2. The average molecular weight is 389 g/mol. The van der Waals surface area contributed by atoms with E-state index >= 15 is 0 Å². The Kier molecular flexibility index (Phi) is 6.72. The first kappa shape index (κ1) is 20.0. The van der Waals surface area contributed by atoms with E-state index in [0.29, 0.717) is 25.5 Å². The van der Waals surface area contributed by atoms with Crippen LogP contribution in [-0.2, 0) is 16.6 Å². The monoisotopic (exact) mass is 389 g/mol. The van der Waals surface area contributed by atoms with Gasteiger partial charge in [-0.15, -0.1) is 0 Å². The molecule has 150 valence electrons. The molecule has 1 aromatic carbocycles. The van der Waals surface area contributed by atoms with Crippen LogP contribution in [0.3, 0.4) is 0 Å². The lowest BCUT2D eigenvalue weighted by atomic mass is 10.1. The molecule has 1 aromatic heterocycles. The number of aromatic nitrogens is 2. The van der Waals surface area contributed by atoms with E-state index in [0.717, 1.165) is 25.2 Å². The summed E-state index contributed by atoms with van der Waals surface area (Å²) in [5, 5.41) is 9.53. The minimum absolute atomic E-state index is 0.121. The van der Waals surface area contributed by atoms with Crippen molar-refractivity contribution in [3.05, 3.63) is 41.8 Å². The molecule has 0 radical (unpaired) electrons. The number of aryl methyl sites for hydroxylation is 1. The summed E-state index contributed by atoms with van der Waals surface area (Å²) in [7, 11) is 1.70. The van der Waals surface area contributed by atoms with E-state index < -0.39 is 5.91 Å². The van der Waals surface area contributed by atoms with Gasteiger partial charge in [0.1, 0.15) is 5.82 Å². The molecule has 9 heteroatoms. The Bertz CT molecular complexity index is 815. The van der Waals surface area contributed by atoms with Crippen molar-refractivity contribution in [3.8, 4) is 11.3 Å². The van der Waals surface area contributed by atoms with Crippen molar-refractivity contribution in [2.75, 3.05) is 45.9 Å². The van der Waals surface area contributed by atoms with Gasteiger partial charge in [0.25, 0.3) is 5.91 Å². The second kappa shape index (κ2) is 9.43. The molecule has 0 spiro atoms. The largest absolute Gasteiger partial charge is 0.379 e. The van der Waals surface area contributed by atoms with E-state index in [-0.39, 0.29) is 24.0 Å². The number of hydrogen-bond donors (Lipinski definition) is 2. The van der Waals surface area contributed by atoms with Gasteiger partial charge in [-0.05, 0) is 35.9 Å². The highest BCUT2D eigenvalue weighted by Gasteiger charge is 2.15. The van der Waals surface area contributed by atoms with E-state index in [1.165, 1.54) is 12.1 Å². The first-order valence-corrected chi connectivity index (χ1v) is 9.18. The number of morpholine rings is 1. The predicted octanol–water partition coefficient (Wildman–Crippen LogP) is 0.404. The first-order chi connectivity index (χ1) is 13.5. The molecular formula is C19H24FN5O3. The standard InChI is InChI=1S/C19H24FN5O3/c1-24-17(14-2-4-15(20)5-3-14)12-16(23-24)19(27)22-13-18(26)21-6-7-25-8-10-28-11-9-25/h2-5,12H,6-11,13H2,1H3,(H,21,26)(H,22,27). The minimum atomic E-state index is -0.438. The number of amides is 2. The Balaban J connectivity index is 1.46. The predicted molar refractivity (Wildman–Crippen MR) is 101 cm³/mol. The van der Waals surface area contributed by atoms with Gasteiger partial charge >= 0.3 is 0 Å². The van der Waals surface area contributed by atoms with Crippen LogP contribution in [0, 0.1) is 5.82 Å². The number of rotatable bonds is 7. The fraction of sp³-hybridized carbons (Fsp3) is 0.421. The maximum absolute atomic E-state index is 13.1. The van der Waals surface area contributed by atoms with Gasteiger partial charge in [0.05, 0.1) is 25.5 Å². The second-order valence-electron chi connectivity index (χ2n) is 6.53. The Hall–Kier alpha value is -2.78. The maximum Gasteiger partial charge on any atom is 0.272 e. The lowest BCUT2D eigenvalue weighted by Crippen LogP contribution is -2.43. The molecule has 28 heavy (non-hydrogen) atoms. The number of carbonyl (C=O) groups excluding carboxylic acids is 2. The number of nitrogens with zero attached hydrogens (tertiary/aromatic N) is 3. The van der Waals surface area contributed by atoms with Gasteiger partial charge in [-0.1, -0.05) is 0 Å². The van der Waals surface area contributed by atoms with Crippen LogP contribution in [0.2, 0.25) is 0 Å². The van der Waals surface area contributed by atoms with Gasteiger partial charge in [-0.3, -0.25) is 19.2 Å². The maximum atomic E-state index is 13.1. The molecule has 1 fully saturated rings. The Morgan fingerprint density at radius 1 is 1.18 bits per heavy atom. The molecule has 1 saturated heterocycles. The summed E-state index contributed by atoms with van der Waals surface area (Å²) in [6, 6.07) is 7.55. The minimum Gasteiger partial charge on any atom is -0.379 e. The van der Waals surface area contributed by atoms with Gasteiger partial charge < -0.3 is 15.4 Å². The summed E-state index contributed by atoms with van der Waals surface area (Å²) in [5.41, 5.74) is 1.62. The van der Waals surface area contributed by atoms with Gasteiger partial charge in [0, 0.05) is 33.2 Å². The number of hydrogen-bond acceptors (Lipinski definition) is 5. The van der Waals surface area contributed by atoms with E-state index in [9.17, 15) is 14.0 Å². The van der Waals surface area contributed by atoms with Crippen LogP contribution >= 0.6 is 0 Å². The lowest BCUT2D eigenvalue weighted by Gasteiger charge is -2.26. The van der Waals surface area contributed by atoms with Crippen molar-refractivity contribution >= 4 is 11.8 Å². The molecular weight excluding hydrogens is 365 g/mol. The van der Waals surface area contributed by atoms with Crippen LogP contribution in [0.1, 0.15) is 10.5 Å². The fourth-order valence-electron chi connectivity index (χ4n) is 2.96. The highest BCUT2D eigenvalue weighted by Crippen LogP contribution is 2.20. The van der Waals surface area contributed by atoms with E-state index in [4.69, 9.17) is 4.74 Å². The van der Waals surface area contributed by atoms with Crippen molar-refractivity contribution < 1.29 is 18.7 Å². The Morgan fingerprint density at radius 3 is 2.61 bits per heavy atom. The van der Waals surface area contributed by atoms with Crippen LogP contribution in [0.25, 0.3) is 11.3 Å². The van der Waals surface area contributed by atoms with Crippen molar-refractivity contribution in [1.82, 2.24) is 25.3 Å². The highest BCUT2D eigenvalue weighted by atomic mass is 19.1. The summed E-state index contributed by atoms with van der Waals surface area (Å²) in [4.78, 5) is 26.4. The third kappa shape index (κ3) is 5.37. The molecule has 1 aliphatic heterocycles. The van der Waals surface area contributed by atoms with Gasteiger partial charge in [-0.2, -0.15) is 5.10 Å². The molecule has 1 aliphatic rings. The third-order valence-corrected chi connectivity index (χ3v) is 4.52. The summed E-state index contributed by atoms with van der Waals surface area (Å²) in [6.45, 7) is 4.31. The molecule has 3 rings (SSSR count). The zero-order valence-corrected chi connectivity index (χ0v) is 15.8. The Morgan fingerprint density at radius 2 is 1.89 bits per heavy atom. The van der Waals surface area contributed by atoms with Gasteiger partial charge in [0.15, 0.2) is 5.69 Å². The van der Waals surface area contributed by atoms with Crippen LogP contribution in [-0.4, -0.2) is 72.4 Å². The molecule has 8 nitrogen and oxygen atoms in total. The fourth-order valence-corrected chi connectivity index (χ4v) is 2.96. The zero-order chi connectivity index (χ0) is 19.9. The number of benzene rings is 1. The summed E-state index contributed by atoms with van der Waals surface area (Å²) in [5.74, 6) is -1.02. The molecule has 2 N–H and O–H groups in total. The van der Waals surface area contributed by atoms with Gasteiger partial charge in [0.2, 0.25) is 5.91 Å². The number of nitrogens with one attached hydrogen (secondary N) is 2. The lowest BCUT2D eigenvalue weighted by molar-refractivity contribution is -0.120. The van der Waals surface area contributed by atoms with Crippen LogP contribution in [0.15, 0.2) is 30.3 Å². The summed E-state index contributed by atoms with van der Waals surface area (Å²) < 4.78 is 19.9. The number of ether oxygens (including phenoxy) is 1. The Labute approximate surface area is 162 Å². The van der Waals surface area contributed by atoms with Crippen molar-refractivity contribution in [2.45, 2.75) is 0 Å². The summed E-state index contributed by atoms with van der Waals surface area (Å²) in [6.07, 6.45) is 0. The van der Waals surface area contributed by atoms with Crippen LogP contribution < -0.4 is 10.6 Å². The van der Waals surface area contributed by atoms with E-state index in [1.54, 1.807) is 29.9 Å². The van der Waals surface area contributed by atoms with Crippen molar-refractivity contribution in [1.29, 1.82) is 0 Å². The van der Waals surface area contributed by atoms with Crippen LogP contribution in [0.4, 0.5) is 4.39 Å². The number of halogens is 1. The normalized spacial score (nSPS) is 14.6. The summed E-state index contributed by atoms with van der Waals surface area (Å²) >= 11 is 0. The van der Waals surface area contributed by atoms with Crippen molar-refractivity contribution in [2.24, 2.45) is 7.05 Å². The first-order valence-electron chi connectivity index (χ1n) is 9.18. The smallest absolute Gasteiger partial charge is 0.272 e. The molecule has 0 atom stereocenters. The molecule has 0 saturated carbocycles. The second-order valence-corrected chi connectivity index (χ2v) is 6.53. The highest BCUT2D eigenvalue weighted by molar-refractivity contribution is 5.95. The quantitative estimate of drug-likeness (QED) is 0.716. The zero-order valence-electron chi connectivity index (χ0n) is 15.8.